The van der Waals surface area contributed by atoms with Crippen molar-refractivity contribution in [3.8, 4) is 5.75 Å². The molecule has 170 valence electrons. The first kappa shape index (κ1) is 22.2. The van der Waals surface area contributed by atoms with Crippen LogP contribution in [0.25, 0.3) is 10.9 Å². The summed E-state index contributed by atoms with van der Waals surface area (Å²) in [5.41, 5.74) is 2.87. The van der Waals surface area contributed by atoms with Gasteiger partial charge in [-0.05, 0) is 26.0 Å². The lowest BCUT2D eigenvalue weighted by atomic mass is 10.0. The number of anilines is 2. The summed E-state index contributed by atoms with van der Waals surface area (Å²) >= 11 is 0. The van der Waals surface area contributed by atoms with E-state index < -0.39 is 23.8 Å². The Morgan fingerprint density at radius 3 is 2.53 bits per heavy atom. The van der Waals surface area contributed by atoms with Crippen molar-refractivity contribution in [2.75, 3.05) is 43.5 Å². The van der Waals surface area contributed by atoms with E-state index in [1.807, 2.05) is 25.1 Å². The molecule has 2 N–H and O–H groups in total. The Morgan fingerprint density at radius 1 is 1.12 bits per heavy atom. The number of ether oxygens (including phenoxy) is 1. The Kier molecular flexibility index (Phi) is 6.41. The molecule has 32 heavy (non-hydrogen) atoms. The van der Waals surface area contributed by atoms with Gasteiger partial charge in [0.2, 0.25) is 0 Å². The number of nitrogens with one attached hydrogen (secondary N) is 2. The number of hydrogen-bond donors (Lipinski definition) is 2. The Morgan fingerprint density at radius 2 is 1.84 bits per heavy atom. The number of piperazine rings is 1. The van der Waals surface area contributed by atoms with Crippen molar-refractivity contribution in [3.05, 3.63) is 59.0 Å². The van der Waals surface area contributed by atoms with E-state index in [1.165, 1.54) is 12.1 Å². The van der Waals surface area contributed by atoms with Crippen LogP contribution >= 0.6 is 0 Å². The van der Waals surface area contributed by atoms with Crippen LogP contribution in [0.15, 0.2) is 36.4 Å². The molecule has 0 spiro atoms. The predicted molar refractivity (Wildman–Crippen MR) is 122 cm³/mol. The van der Waals surface area contributed by atoms with Crippen LogP contribution in [-0.2, 0) is 0 Å². The van der Waals surface area contributed by atoms with Crippen molar-refractivity contribution in [1.82, 2.24) is 10.3 Å². The molecule has 1 fully saturated rings. The van der Waals surface area contributed by atoms with Gasteiger partial charge in [0.1, 0.15) is 11.6 Å². The minimum absolute atomic E-state index is 0.196. The smallest absolute Gasteiger partial charge is 0.266 e. The van der Waals surface area contributed by atoms with Crippen molar-refractivity contribution in [2.24, 2.45) is 0 Å². The van der Waals surface area contributed by atoms with Gasteiger partial charge in [-0.2, -0.15) is 0 Å². The number of aromatic nitrogens is 1. The first-order valence-corrected chi connectivity index (χ1v) is 10.7. The number of hydrogen-bond acceptors (Lipinski definition) is 5. The molecule has 4 rings (SSSR count). The second-order valence-electron chi connectivity index (χ2n) is 8.01. The summed E-state index contributed by atoms with van der Waals surface area (Å²) in [7, 11) is 1.64. The van der Waals surface area contributed by atoms with Crippen LogP contribution in [0.1, 0.15) is 36.2 Å². The second-order valence-corrected chi connectivity index (χ2v) is 8.01. The maximum absolute atomic E-state index is 14.7. The van der Waals surface area contributed by atoms with Crippen LogP contribution in [-0.4, -0.2) is 38.3 Å². The average molecular weight is 445 g/mol. The highest BCUT2D eigenvalue weighted by Crippen LogP contribution is 2.37. The molecule has 0 radical (unpaired) electrons. The number of rotatable bonds is 6. The van der Waals surface area contributed by atoms with E-state index in [0.717, 1.165) is 66.0 Å². The van der Waals surface area contributed by atoms with Gasteiger partial charge in [0.05, 0.1) is 29.9 Å². The van der Waals surface area contributed by atoms with E-state index in [1.54, 1.807) is 14.0 Å². The quantitative estimate of drug-likeness (QED) is 0.547. The van der Waals surface area contributed by atoms with Gasteiger partial charge < -0.3 is 20.3 Å². The fourth-order valence-electron chi connectivity index (χ4n) is 4.19. The number of methoxy groups -OCH3 is 1. The number of benzene rings is 2. The first-order chi connectivity index (χ1) is 15.4. The fraction of sp³-hybridized carbons (Fsp3) is 0.375. The van der Waals surface area contributed by atoms with Gasteiger partial charge in [0.15, 0.2) is 0 Å². The number of nitrogens with zero attached hydrogens (tertiary/aromatic N) is 2. The third kappa shape index (κ3) is 4.32. The molecule has 1 aromatic heterocycles. The van der Waals surface area contributed by atoms with E-state index >= 15 is 0 Å². The van der Waals surface area contributed by atoms with Crippen LogP contribution in [0.5, 0.6) is 5.75 Å². The second kappa shape index (κ2) is 9.24. The van der Waals surface area contributed by atoms with Crippen molar-refractivity contribution in [3.63, 3.8) is 0 Å². The molecular formula is C24H27F3N4O. The lowest BCUT2D eigenvalue weighted by Gasteiger charge is -2.31. The monoisotopic (exact) mass is 444 g/mol. The molecule has 0 bridgehead atoms. The molecular weight excluding hydrogens is 417 g/mol. The molecule has 1 unspecified atom stereocenters. The summed E-state index contributed by atoms with van der Waals surface area (Å²) in [6, 6.07) is 9.42. The molecule has 3 aromatic rings. The third-order valence-electron chi connectivity index (χ3n) is 5.83. The van der Waals surface area contributed by atoms with Gasteiger partial charge in [0.25, 0.3) is 6.43 Å². The molecule has 2 heterocycles. The Hall–Kier alpha value is -3.00. The molecule has 5 nitrogen and oxygen atoms in total. The summed E-state index contributed by atoms with van der Waals surface area (Å²) < 4.78 is 46.7. The third-order valence-corrected chi connectivity index (χ3v) is 5.83. The minimum atomic E-state index is -2.86. The number of halogens is 3. The zero-order valence-corrected chi connectivity index (χ0v) is 18.4. The molecule has 1 aliphatic rings. The molecule has 8 heteroatoms. The highest BCUT2D eigenvalue weighted by Gasteiger charge is 2.21. The maximum atomic E-state index is 14.7. The molecule has 0 saturated carbocycles. The highest BCUT2D eigenvalue weighted by molar-refractivity contribution is 5.96. The summed E-state index contributed by atoms with van der Waals surface area (Å²) in [6.45, 7) is 7.11. The summed E-state index contributed by atoms with van der Waals surface area (Å²) in [5.74, 6) is -0.132. The maximum Gasteiger partial charge on any atom is 0.266 e. The first-order valence-electron chi connectivity index (χ1n) is 10.7. The number of alkyl halides is 2. The number of pyridine rings is 1. The summed E-state index contributed by atoms with van der Waals surface area (Å²) in [6.07, 6.45) is -2.86. The topological polar surface area (TPSA) is 49.4 Å². The van der Waals surface area contributed by atoms with Gasteiger partial charge in [-0.3, -0.25) is 4.98 Å². The van der Waals surface area contributed by atoms with Crippen LogP contribution < -0.4 is 20.3 Å². The van der Waals surface area contributed by atoms with E-state index in [9.17, 15) is 13.2 Å². The van der Waals surface area contributed by atoms with Crippen molar-refractivity contribution >= 4 is 22.3 Å². The van der Waals surface area contributed by atoms with Crippen LogP contribution in [0.2, 0.25) is 0 Å². The van der Waals surface area contributed by atoms with Gasteiger partial charge in [-0.15, -0.1) is 0 Å². The predicted octanol–water partition coefficient (Wildman–Crippen LogP) is 5.21. The molecule has 1 saturated heterocycles. The SMILES string of the molecule is COc1cc2nc(C)cc(NC(C)c3cccc(C(F)F)c3F)c2cc1N1CCNCC1. The largest absolute Gasteiger partial charge is 0.495 e. The molecule has 1 aliphatic heterocycles. The Bertz CT molecular complexity index is 1120. The summed E-state index contributed by atoms with van der Waals surface area (Å²) in [4.78, 5) is 6.90. The van der Waals surface area contributed by atoms with Crippen molar-refractivity contribution in [2.45, 2.75) is 26.3 Å². The molecule has 0 amide bonds. The van der Waals surface area contributed by atoms with Gasteiger partial charge in [-0.25, -0.2) is 13.2 Å². The number of fused-ring (bicyclic) bond motifs is 1. The number of aryl methyl sites for hydroxylation is 1. The highest BCUT2D eigenvalue weighted by atomic mass is 19.3. The standard InChI is InChI=1S/C24H27F3N4O/c1-14-11-19(30-15(2)16-5-4-6-17(23(16)25)24(26)27)18-12-21(31-9-7-28-8-10-31)22(32-3)13-20(18)29-14/h4-6,11-13,15,24,28H,7-10H2,1-3H3,(H,29,30). The Labute approximate surface area is 185 Å². The average Bonchev–Trinajstić information content (AvgIpc) is 2.78. The van der Waals surface area contributed by atoms with Crippen molar-refractivity contribution in [1.29, 1.82) is 0 Å². The molecule has 2 aromatic carbocycles. The lowest BCUT2D eigenvalue weighted by Crippen LogP contribution is -2.43. The summed E-state index contributed by atoms with van der Waals surface area (Å²) in [5, 5.41) is 7.53. The van der Waals surface area contributed by atoms with Crippen molar-refractivity contribution < 1.29 is 17.9 Å². The van der Waals surface area contributed by atoms with E-state index in [4.69, 9.17) is 4.74 Å². The van der Waals surface area contributed by atoms with Crippen LogP contribution in [0.3, 0.4) is 0 Å². The van der Waals surface area contributed by atoms with Gasteiger partial charge in [0, 0.05) is 54.6 Å². The van der Waals surface area contributed by atoms with Gasteiger partial charge in [-0.1, -0.05) is 18.2 Å². The zero-order chi connectivity index (χ0) is 22.8. The fourth-order valence-corrected chi connectivity index (χ4v) is 4.19. The van der Waals surface area contributed by atoms with E-state index in [0.29, 0.717) is 0 Å². The zero-order valence-electron chi connectivity index (χ0n) is 18.4. The normalized spacial score (nSPS) is 15.3. The molecule has 0 aliphatic carbocycles. The molecule has 1 atom stereocenters. The van der Waals surface area contributed by atoms with Gasteiger partial charge >= 0.3 is 0 Å². The lowest BCUT2D eigenvalue weighted by molar-refractivity contribution is 0.146. The van der Waals surface area contributed by atoms with E-state index in [2.05, 4.69) is 20.5 Å². The van der Waals surface area contributed by atoms with Crippen LogP contribution in [0.4, 0.5) is 24.5 Å². The Balaban J connectivity index is 1.76. The minimum Gasteiger partial charge on any atom is -0.495 e. The van der Waals surface area contributed by atoms with Crippen LogP contribution in [0, 0.1) is 12.7 Å². The van der Waals surface area contributed by atoms with E-state index in [-0.39, 0.29) is 5.56 Å².